The molecule has 0 rings (SSSR count). The van der Waals surface area contributed by atoms with E-state index in [1.54, 1.807) is 23.5 Å². The standard InChI is InChI=1S/C17H31N3S3/c1-11(2)15(19-13(5)6)20-23-14(7)21-16(18-10)22-17(8,9)12(3)4/h12,19-20H,5,7H2,1-4,6,8-10H3. The average molecular weight is 374 g/mol. The van der Waals surface area contributed by atoms with Gasteiger partial charge in [0.15, 0.2) is 0 Å². The molecule has 0 fully saturated rings. The molecule has 0 unspecified atom stereocenters. The van der Waals surface area contributed by atoms with Crippen LogP contribution in [0.4, 0.5) is 0 Å². The van der Waals surface area contributed by atoms with Crippen molar-refractivity contribution in [1.82, 2.24) is 10.0 Å². The summed E-state index contributed by atoms with van der Waals surface area (Å²) < 4.78 is 5.45. The molecular weight excluding hydrogens is 342 g/mol. The molecule has 0 saturated carbocycles. The third-order valence-corrected chi connectivity index (χ3v) is 6.70. The molecule has 0 aromatic heterocycles. The topological polar surface area (TPSA) is 36.4 Å². The summed E-state index contributed by atoms with van der Waals surface area (Å²) in [4.78, 5) is 4.41. The fraction of sp³-hybridized carbons (Fsp3) is 0.588. The number of nitrogens with zero attached hydrogens (tertiary/aromatic N) is 1. The number of hydrogen-bond acceptors (Lipinski definition) is 6. The van der Waals surface area contributed by atoms with E-state index in [-0.39, 0.29) is 4.75 Å². The van der Waals surface area contributed by atoms with Crippen LogP contribution in [0.2, 0.25) is 0 Å². The van der Waals surface area contributed by atoms with E-state index in [0.717, 1.165) is 25.7 Å². The summed E-state index contributed by atoms with van der Waals surface area (Å²) in [6.07, 6.45) is 0. The highest BCUT2D eigenvalue weighted by molar-refractivity contribution is 8.44. The third-order valence-electron chi connectivity index (χ3n) is 3.23. The van der Waals surface area contributed by atoms with Crippen molar-refractivity contribution in [2.24, 2.45) is 10.9 Å². The van der Waals surface area contributed by atoms with Crippen LogP contribution in [0.3, 0.4) is 0 Å². The number of rotatable bonds is 8. The summed E-state index contributed by atoms with van der Waals surface area (Å²) in [5.74, 6) is 1.52. The zero-order valence-electron chi connectivity index (χ0n) is 15.7. The molecule has 0 aliphatic heterocycles. The first kappa shape index (κ1) is 22.5. The van der Waals surface area contributed by atoms with Gasteiger partial charge in [-0.05, 0) is 44.2 Å². The van der Waals surface area contributed by atoms with Crippen LogP contribution in [0.5, 0.6) is 0 Å². The first-order valence-corrected chi connectivity index (χ1v) is 10.00. The second-order valence-electron chi connectivity index (χ2n) is 6.31. The molecule has 0 spiro atoms. The van der Waals surface area contributed by atoms with Crippen LogP contribution in [0.1, 0.15) is 48.5 Å². The predicted molar refractivity (Wildman–Crippen MR) is 114 cm³/mol. The van der Waals surface area contributed by atoms with Crippen molar-refractivity contribution in [2.45, 2.75) is 53.2 Å². The van der Waals surface area contributed by atoms with Crippen molar-refractivity contribution in [3.05, 3.63) is 34.5 Å². The van der Waals surface area contributed by atoms with E-state index in [4.69, 9.17) is 0 Å². The zero-order valence-corrected chi connectivity index (χ0v) is 18.1. The van der Waals surface area contributed by atoms with Gasteiger partial charge in [-0.15, -0.1) is 0 Å². The third kappa shape index (κ3) is 9.42. The smallest absolute Gasteiger partial charge is 0.130 e. The Balaban J connectivity index is 4.64. The molecule has 0 amide bonds. The highest BCUT2D eigenvalue weighted by atomic mass is 32.2. The summed E-state index contributed by atoms with van der Waals surface area (Å²) in [6.45, 7) is 23.0. The Morgan fingerprint density at radius 2 is 1.70 bits per heavy atom. The predicted octanol–water partition coefficient (Wildman–Crippen LogP) is 5.96. The van der Waals surface area contributed by atoms with Gasteiger partial charge in [0, 0.05) is 17.5 Å². The van der Waals surface area contributed by atoms with E-state index < -0.39 is 0 Å². The van der Waals surface area contributed by atoms with Gasteiger partial charge in [-0.25, -0.2) is 0 Å². The number of nitrogens with one attached hydrogen (secondary N) is 2. The summed E-state index contributed by atoms with van der Waals surface area (Å²) in [7, 11) is 1.83. The number of allylic oxidation sites excluding steroid dienone is 2. The lowest BCUT2D eigenvalue weighted by molar-refractivity contribution is 0.506. The second-order valence-corrected chi connectivity index (χ2v) is 10.5. The molecule has 0 atom stereocenters. The quantitative estimate of drug-likeness (QED) is 0.312. The van der Waals surface area contributed by atoms with Crippen LogP contribution in [-0.2, 0) is 0 Å². The van der Waals surface area contributed by atoms with Gasteiger partial charge in [-0.2, -0.15) is 0 Å². The van der Waals surface area contributed by atoms with Gasteiger partial charge < -0.3 is 10.0 Å². The van der Waals surface area contributed by atoms with Gasteiger partial charge in [0.25, 0.3) is 0 Å². The summed E-state index contributed by atoms with van der Waals surface area (Å²) >= 11 is 4.91. The van der Waals surface area contributed by atoms with Gasteiger partial charge in [0.05, 0.1) is 4.24 Å². The van der Waals surface area contributed by atoms with Crippen LogP contribution < -0.4 is 10.0 Å². The molecule has 0 radical (unpaired) electrons. The highest BCUT2D eigenvalue weighted by Gasteiger charge is 2.26. The van der Waals surface area contributed by atoms with Gasteiger partial charge in [-0.1, -0.05) is 64.4 Å². The molecule has 0 bridgehead atoms. The van der Waals surface area contributed by atoms with Gasteiger partial charge in [-0.3, -0.25) is 4.99 Å². The zero-order chi connectivity index (χ0) is 18.2. The lowest BCUT2D eigenvalue weighted by Crippen LogP contribution is -2.24. The van der Waals surface area contributed by atoms with Gasteiger partial charge in [0.1, 0.15) is 10.2 Å². The maximum Gasteiger partial charge on any atom is 0.130 e. The first-order chi connectivity index (χ1) is 10.5. The van der Waals surface area contributed by atoms with Crippen LogP contribution in [0.15, 0.2) is 39.5 Å². The Morgan fingerprint density at radius 1 is 1.13 bits per heavy atom. The van der Waals surface area contributed by atoms with Crippen LogP contribution in [0.25, 0.3) is 0 Å². The van der Waals surface area contributed by atoms with E-state index in [0.29, 0.717) is 5.92 Å². The monoisotopic (exact) mass is 373 g/mol. The highest BCUT2D eigenvalue weighted by Crippen LogP contribution is 2.39. The molecule has 3 nitrogen and oxygen atoms in total. The Kier molecular flexibility index (Phi) is 10.2. The van der Waals surface area contributed by atoms with E-state index in [1.165, 1.54) is 11.9 Å². The minimum atomic E-state index is 0.146. The van der Waals surface area contributed by atoms with E-state index >= 15 is 0 Å². The molecule has 23 heavy (non-hydrogen) atoms. The van der Waals surface area contributed by atoms with E-state index in [9.17, 15) is 0 Å². The number of aliphatic imine (C=N–C) groups is 1. The molecule has 0 aliphatic rings. The fourth-order valence-corrected chi connectivity index (χ4v) is 4.48. The first-order valence-electron chi connectivity index (χ1n) is 7.55. The molecule has 132 valence electrons. The largest absolute Gasteiger partial charge is 0.346 e. The van der Waals surface area contributed by atoms with Crippen LogP contribution >= 0.6 is 35.5 Å². The minimum absolute atomic E-state index is 0.146. The average Bonchev–Trinajstić information content (AvgIpc) is 2.41. The summed E-state index contributed by atoms with van der Waals surface area (Å²) in [5.41, 5.74) is 2.07. The molecule has 0 heterocycles. The number of thioether (sulfide) groups is 2. The van der Waals surface area contributed by atoms with Gasteiger partial charge in [0.2, 0.25) is 0 Å². The SMILES string of the molecule is C=C(C)NC(NSC(=C)SC(=NC)SC(C)(C)C(C)C)=C(C)C. The van der Waals surface area contributed by atoms with Crippen molar-refractivity contribution < 1.29 is 0 Å². The summed E-state index contributed by atoms with van der Waals surface area (Å²) in [5, 5.41) is 3.22. The lowest BCUT2D eigenvalue weighted by Gasteiger charge is -2.28. The Hall–Kier alpha value is -0.460. The molecule has 2 N–H and O–H groups in total. The molecule has 0 aromatic carbocycles. The van der Waals surface area contributed by atoms with Crippen LogP contribution in [0, 0.1) is 5.92 Å². The maximum atomic E-state index is 4.41. The Labute approximate surface area is 155 Å². The van der Waals surface area contributed by atoms with Gasteiger partial charge >= 0.3 is 0 Å². The van der Waals surface area contributed by atoms with Crippen molar-refractivity contribution >= 4 is 39.8 Å². The Morgan fingerprint density at radius 3 is 2.09 bits per heavy atom. The molecule has 0 aliphatic carbocycles. The molecule has 0 saturated heterocycles. The van der Waals surface area contributed by atoms with Crippen molar-refractivity contribution in [1.29, 1.82) is 0 Å². The van der Waals surface area contributed by atoms with Crippen molar-refractivity contribution in [3.8, 4) is 0 Å². The summed E-state index contributed by atoms with van der Waals surface area (Å²) in [6, 6.07) is 0. The second kappa shape index (κ2) is 10.4. The molecule has 6 heteroatoms. The lowest BCUT2D eigenvalue weighted by atomic mass is 10.00. The van der Waals surface area contributed by atoms with Crippen molar-refractivity contribution in [3.63, 3.8) is 0 Å². The maximum absolute atomic E-state index is 4.41. The number of hydrogen-bond donors (Lipinski definition) is 2. The normalized spacial score (nSPS) is 12.1. The van der Waals surface area contributed by atoms with E-state index in [1.807, 2.05) is 14.0 Å². The minimum Gasteiger partial charge on any atom is -0.346 e. The molecule has 0 aromatic rings. The fourth-order valence-electron chi connectivity index (χ4n) is 1.15. The Bertz CT molecular complexity index is 487. The van der Waals surface area contributed by atoms with Crippen LogP contribution in [-0.4, -0.2) is 16.2 Å². The van der Waals surface area contributed by atoms with Crippen molar-refractivity contribution in [2.75, 3.05) is 7.05 Å². The molecular formula is C17H31N3S3. The van der Waals surface area contributed by atoms with E-state index in [2.05, 4.69) is 69.7 Å².